The van der Waals surface area contributed by atoms with Gasteiger partial charge in [-0.15, -0.1) is 0 Å². The van der Waals surface area contributed by atoms with Gasteiger partial charge in [0.15, 0.2) is 0 Å². The summed E-state index contributed by atoms with van der Waals surface area (Å²) in [4.78, 5) is 23.0. The van der Waals surface area contributed by atoms with Gasteiger partial charge in [0.25, 0.3) is 0 Å². The fourth-order valence-corrected chi connectivity index (χ4v) is 6.97. The second kappa shape index (κ2) is 28.3. The normalized spacial score (nSPS) is 25.6. The molecule has 1 aliphatic rings. The van der Waals surface area contributed by atoms with E-state index in [1.165, 1.54) is 63.9 Å². The van der Waals surface area contributed by atoms with Crippen molar-refractivity contribution in [3.05, 3.63) is 24.3 Å². The Hall–Kier alpha value is -1.22. The highest BCUT2D eigenvalue weighted by Gasteiger charge is 2.51. The Morgan fingerprint density at radius 3 is 1.71 bits per heavy atom. The average Bonchev–Trinajstić information content (AvgIpc) is 3.09. The fraction of sp³-hybridized carbons (Fsp3) is 0.865. The van der Waals surface area contributed by atoms with Crippen LogP contribution in [0.1, 0.15) is 142 Å². The quantitative estimate of drug-likeness (QED) is 0.0282. The topological polar surface area (TPSA) is 226 Å². The molecule has 1 rings (SSSR count). The molecule has 0 saturated heterocycles. The van der Waals surface area contributed by atoms with Crippen LogP contribution in [0.25, 0.3) is 0 Å². The van der Waals surface area contributed by atoms with Crippen molar-refractivity contribution in [2.75, 3.05) is 6.61 Å². The Labute approximate surface area is 305 Å². The molecule has 8 unspecified atom stereocenters. The summed E-state index contributed by atoms with van der Waals surface area (Å²) in [6.45, 7) is 3.44. The number of carbonyl (C=O) groups is 1. The number of phosphoric ester groups is 1. The summed E-state index contributed by atoms with van der Waals surface area (Å²) in [6, 6.07) is -1.24. The lowest BCUT2D eigenvalue weighted by Gasteiger charge is -2.41. The lowest BCUT2D eigenvalue weighted by Crippen LogP contribution is -2.64. The van der Waals surface area contributed by atoms with Crippen molar-refractivity contribution >= 4 is 13.7 Å². The fourth-order valence-electron chi connectivity index (χ4n) is 6.01. The van der Waals surface area contributed by atoms with E-state index >= 15 is 0 Å². The standard InChI is InChI=1S/C37H70NO12P/c1-3-5-7-8-9-10-11-12-13-14-15-16-17-18-19-20-21-23-24-28(39)26-31(41)38-29(30(40)25-22-6-4-2)27-49-51(47,48)50-37-35(45)33(43)32(42)34(44)36(37)46/h15-16,22,25,28-30,32-37,39-40,42-46H,3-14,17-21,23-24,26-27H2,1-2H3,(H,38,41)(H,47,48)/b16-15-,25-22+. The highest BCUT2D eigenvalue weighted by molar-refractivity contribution is 7.47. The number of phosphoric acid groups is 1. The molecule has 1 fully saturated rings. The molecule has 8 atom stereocenters. The van der Waals surface area contributed by atoms with E-state index in [2.05, 4.69) is 24.4 Å². The summed E-state index contributed by atoms with van der Waals surface area (Å²) in [6.07, 6.45) is 14.3. The lowest BCUT2D eigenvalue weighted by atomic mass is 9.85. The van der Waals surface area contributed by atoms with Crippen molar-refractivity contribution in [2.24, 2.45) is 0 Å². The first kappa shape index (κ1) is 47.8. The molecule has 0 aromatic rings. The third kappa shape index (κ3) is 21.3. The van der Waals surface area contributed by atoms with Gasteiger partial charge in [0.2, 0.25) is 5.91 Å². The van der Waals surface area contributed by atoms with Crippen LogP contribution in [-0.4, -0.2) is 108 Å². The average molecular weight is 752 g/mol. The molecule has 13 nitrogen and oxygen atoms in total. The van der Waals surface area contributed by atoms with Crippen LogP contribution in [0.15, 0.2) is 24.3 Å². The van der Waals surface area contributed by atoms with Crippen LogP contribution in [0.4, 0.5) is 0 Å². The van der Waals surface area contributed by atoms with E-state index in [-0.39, 0.29) is 6.42 Å². The van der Waals surface area contributed by atoms with Crippen LogP contribution >= 0.6 is 7.82 Å². The van der Waals surface area contributed by atoms with Crippen molar-refractivity contribution in [1.82, 2.24) is 5.32 Å². The van der Waals surface area contributed by atoms with Gasteiger partial charge in [0.05, 0.1) is 31.3 Å². The molecule has 1 saturated carbocycles. The Bertz CT molecular complexity index is 985. The third-order valence-corrected chi connectivity index (χ3v) is 10.2. The Balaban J connectivity index is 2.38. The van der Waals surface area contributed by atoms with E-state index in [0.29, 0.717) is 12.8 Å². The second-order valence-corrected chi connectivity index (χ2v) is 15.4. The number of amides is 1. The van der Waals surface area contributed by atoms with Crippen molar-refractivity contribution in [3.8, 4) is 0 Å². The Morgan fingerprint density at radius 2 is 1.18 bits per heavy atom. The molecular formula is C37H70NO12P. The maximum Gasteiger partial charge on any atom is 0.472 e. The smallest absolute Gasteiger partial charge is 0.393 e. The van der Waals surface area contributed by atoms with Crippen LogP contribution < -0.4 is 5.32 Å². The zero-order valence-corrected chi connectivity index (χ0v) is 31.9. The van der Waals surface area contributed by atoms with E-state index in [9.17, 15) is 50.0 Å². The van der Waals surface area contributed by atoms with Gasteiger partial charge in [-0.1, -0.05) is 122 Å². The molecule has 9 N–H and O–H groups in total. The van der Waals surface area contributed by atoms with Crippen molar-refractivity contribution in [3.63, 3.8) is 0 Å². The minimum atomic E-state index is -5.11. The van der Waals surface area contributed by atoms with Gasteiger partial charge in [0, 0.05) is 0 Å². The number of aliphatic hydroxyl groups is 7. The molecule has 1 aliphatic carbocycles. The SMILES string of the molecule is CCC/C=C/C(O)C(COP(=O)(O)OC1C(O)C(O)C(O)C(O)C1O)NC(=O)CC(O)CCCCCCC/C=C\CCCCCCCCCCC. The van der Waals surface area contributed by atoms with Gasteiger partial charge in [-0.25, -0.2) is 4.57 Å². The number of hydrogen-bond donors (Lipinski definition) is 9. The first-order valence-corrected chi connectivity index (χ1v) is 20.9. The molecule has 0 aromatic carbocycles. The molecule has 0 heterocycles. The largest absolute Gasteiger partial charge is 0.472 e. The van der Waals surface area contributed by atoms with Gasteiger partial charge in [-0.2, -0.15) is 0 Å². The lowest BCUT2D eigenvalue weighted by molar-refractivity contribution is -0.220. The number of allylic oxidation sites excluding steroid dienone is 3. The molecule has 0 spiro atoms. The van der Waals surface area contributed by atoms with Crippen LogP contribution in [0.5, 0.6) is 0 Å². The summed E-state index contributed by atoms with van der Waals surface area (Å²) in [5, 5.41) is 73.3. The summed E-state index contributed by atoms with van der Waals surface area (Å²) in [5.74, 6) is -0.611. The molecule has 0 aromatic heterocycles. The van der Waals surface area contributed by atoms with Gasteiger partial charge in [0.1, 0.15) is 36.6 Å². The summed E-state index contributed by atoms with van der Waals surface area (Å²) in [7, 11) is -5.11. The first-order valence-electron chi connectivity index (χ1n) is 19.4. The van der Waals surface area contributed by atoms with Gasteiger partial charge in [-0.05, 0) is 38.5 Å². The van der Waals surface area contributed by atoms with Crippen LogP contribution in [0.3, 0.4) is 0 Å². The number of nitrogens with one attached hydrogen (secondary N) is 1. The van der Waals surface area contributed by atoms with E-state index in [0.717, 1.165) is 51.4 Å². The second-order valence-electron chi connectivity index (χ2n) is 14.0. The van der Waals surface area contributed by atoms with Gasteiger partial charge >= 0.3 is 7.82 Å². The maximum absolute atomic E-state index is 12.7. The number of aliphatic hydroxyl groups excluding tert-OH is 7. The summed E-state index contributed by atoms with van der Waals surface area (Å²) < 4.78 is 22.4. The Morgan fingerprint density at radius 1 is 0.686 bits per heavy atom. The summed E-state index contributed by atoms with van der Waals surface area (Å²) in [5.41, 5.74) is 0. The number of carbonyl (C=O) groups excluding carboxylic acids is 1. The van der Waals surface area contributed by atoms with E-state index in [1.54, 1.807) is 6.08 Å². The Kier molecular flexibility index (Phi) is 26.5. The van der Waals surface area contributed by atoms with E-state index in [4.69, 9.17) is 9.05 Å². The molecule has 0 bridgehead atoms. The minimum Gasteiger partial charge on any atom is -0.393 e. The number of rotatable bonds is 30. The highest BCUT2D eigenvalue weighted by atomic mass is 31.2. The maximum atomic E-state index is 12.7. The monoisotopic (exact) mass is 751 g/mol. The third-order valence-electron chi connectivity index (χ3n) is 9.26. The first-order chi connectivity index (χ1) is 24.3. The molecular weight excluding hydrogens is 681 g/mol. The van der Waals surface area contributed by atoms with E-state index < -0.39 is 75.2 Å². The predicted molar refractivity (Wildman–Crippen MR) is 197 cm³/mol. The van der Waals surface area contributed by atoms with Gasteiger partial charge in [-0.3, -0.25) is 13.8 Å². The van der Waals surface area contributed by atoms with Crippen LogP contribution in [0.2, 0.25) is 0 Å². The highest BCUT2D eigenvalue weighted by Crippen LogP contribution is 2.47. The minimum absolute atomic E-state index is 0.252. The summed E-state index contributed by atoms with van der Waals surface area (Å²) >= 11 is 0. The zero-order chi connectivity index (χ0) is 38.1. The number of hydrogen-bond acceptors (Lipinski definition) is 11. The van der Waals surface area contributed by atoms with Crippen molar-refractivity contribution in [1.29, 1.82) is 0 Å². The number of unbranched alkanes of at least 4 members (excludes halogenated alkanes) is 15. The molecule has 14 heteroatoms. The predicted octanol–water partition coefficient (Wildman–Crippen LogP) is 4.47. The van der Waals surface area contributed by atoms with E-state index in [1.807, 2.05) is 6.92 Å². The molecule has 1 amide bonds. The van der Waals surface area contributed by atoms with Crippen molar-refractivity contribution in [2.45, 2.75) is 197 Å². The van der Waals surface area contributed by atoms with Crippen molar-refractivity contribution < 1.29 is 59.0 Å². The molecule has 51 heavy (non-hydrogen) atoms. The molecule has 0 radical (unpaired) electrons. The van der Waals surface area contributed by atoms with Crippen LogP contribution in [0, 0.1) is 0 Å². The zero-order valence-electron chi connectivity index (χ0n) is 31.0. The van der Waals surface area contributed by atoms with Gasteiger partial charge < -0.3 is 46.0 Å². The molecule has 0 aliphatic heterocycles. The molecule has 300 valence electrons. The van der Waals surface area contributed by atoms with Crippen LogP contribution in [-0.2, 0) is 18.4 Å².